The second-order valence-electron chi connectivity index (χ2n) is 12.6. The van der Waals surface area contributed by atoms with Crippen LogP contribution in [-0.2, 0) is 42.6 Å². The number of hydrogen-bond donors (Lipinski definition) is 0. The van der Waals surface area contributed by atoms with Gasteiger partial charge >= 0.3 is 0 Å². The Bertz CT molecular complexity index is 614. The van der Waals surface area contributed by atoms with Crippen LogP contribution in [0.25, 0.3) is 0 Å². The van der Waals surface area contributed by atoms with E-state index in [1.807, 2.05) is 0 Å². The third-order valence-corrected chi connectivity index (χ3v) is 8.40. The highest BCUT2D eigenvalue weighted by molar-refractivity contribution is 4.89. The average Bonchev–Trinajstić information content (AvgIpc) is 3.04. The van der Waals surface area contributed by atoms with E-state index in [0.717, 1.165) is 77.0 Å². The van der Waals surface area contributed by atoms with Gasteiger partial charge in [0.25, 0.3) is 0 Å². The fraction of sp³-hybridized carbons (Fsp3) is 1.00. The molecule has 0 radical (unpaired) electrons. The van der Waals surface area contributed by atoms with Gasteiger partial charge < -0.3 is 42.6 Å². The minimum absolute atomic E-state index is 0.148. The van der Waals surface area contributed by atoms with Crippen molar-refractivity contribution in [3.8, 4) is 0 Å². The van der Waals surface area contributed by atoms with Gasteiger partial charge in [0.05, 0.1) is 25.4 Å². The molecule has 0 spiro atoms. The molecule has 0 bridgehead atoms. The van der Waals surface area contributed by atoms with E-state index in [4.69, 9.17) is 42.6 Å². The lowest BCUT2D eigenvalue weighted by Gasteiger charge is -2.45. The largest absolute Gasteiger partial charge is 0.379 e. The van der Waals surface area contributed by atoms with Gasteiger partial charge in [0.15, 0.2) is 12.6 Å². The number of ether oxygens (including phenoxy) is 9. The smallest absolute Gasteiger partial charge is 0.163 e. The normalized spacial score (nSPS) is 28.9. The lowest BCUT2D eigenvalue weighted by atomic mass is 9.99. The van der Waals surface area contributed by atoms with Crippen molar-refractivity contribution < 1.29 is 42.6 Å². The van der Waals surface area contributed by atoms with Gasteiger partial charge in [-0.3, -0.25) is 0 Å². The summed E-state index contributed by atoms with van der Waals surface area (Å²) in [5, 5.41) is 0. The summed E-state index contributed by atoms with van der Waals surface area (Å²) < 4.78 is 57.7. The molecule has 2 aliphatic heterocycles. The summed E-state index contributed by atoms with van der Waals surface area (Å²) in [6.45, 7) is 18.1. The van der Waals surface area contributed by atoms with Crippen molar-refractivity contribution in [1.29, 1.82) is 0 Å². The first-order valence-electron chi connectivity index (χ1n) is 18.7. The first-order chi connectivity index (χ1) is 22.1. The van der Waals surface area contributed by atoms with Gasteiger partial charge in [-0.25, -0.2) is 0 Å². The first kappa shape index (κ1) is 40.8. The van der Waals surface area contributed by atoms with E-state index < -0.39 is 12.6 Å². The highest BCUT2D eigenvalue weighted by atomic mass is 16.8. The maximum Gasteiger partial charge on any atom is 0.163 e. The van der Waals surface area contributed by atoms with Crippen molar-refractivity contribution in [2.24, 2.45) is 0 Å². The summed E-state index contributed by atoms with van der Waals surface area (Å²) in [4.78, 5) is 0. The lowest BCUT2D eigenvalue weighted by molar-refractivity contribution is -0.344. The van der Waals surface area contributed by atoms with Crippen LogP contribution in [-0.4, -0.2) is 102 Å². The van der Waals surface area contributed by atoms with Crippen molar-refractivity contribution in [2.75, 3.05) is 52.9 Å². The Labute approximate surface area is 276 Å². The number of hydrogen-bond acceptors (Lipinski definition) is 9. The van der Waals surface area contributed by atoms with Crippen LogP contribution in [0.2, 0.25) is 0 Å². The van der Waals surface area contributed by atoms with Crippen LogP contribution in [0, 0.1) is 0 Å². The summed E-state index contributed by atoms with van der Waals surface area (Å²) >= 11 is 0. The zero-order chi connectivity index (χ0) is 32.5. The van der Waals surface area contributed by atoms with Crippen LogP contribution in [0.4, 0.5) is 0 Å². The molecule has 0 saturated carbocycles. The van der Waals surface area contributed by atoms with Gasteiger partial charge in [0.1, 0.15) is 24.4 Å². The molecular formula is C36H70O9. The van der Waals surface area contributed by atoms with E-state index in [9.17, 15) is 0 Å². The zero-order valence-electron chi connectivity index (χ0n) is 29.8. The van der Waals surface area contributed by atoms with E-state index in [1.54, 1.807) is 0 Å². The Morgan fingerprint density at radius 1 is 0.444 bits per heavy atom. The maximum atomic E-state index is 6.64. The minimum atomic E-state index is -0.511. The van der Waals surface area contributed by atoms with Gasteiger partial charge in [-0.05, 0) is 38.5 Å². The van der Waals surface area contributed by atoms with Crippen molar-refractivity contribution in [3.63, 3.8) is 0 Å². The number of unbranched alkanes of at least 4 members (excludes halogenated alkanes) is 6. The van der Waals surface area contributed by atoms with Gasteiger partial charge in [-0.1, -0.05) is 80.1 Å². The Kier molecular flexibility index (Phi) is 24.1. The van der Waals surface area contributed by atoms with Crippen LogP contribution < -0.4 is 0 Å². The Balaban J connectivity index is 2.21. The molecule has 9 heteroatoms. The standard InChI is InChI=1S/C36H70O9/c1-7-13-19-37-27-31-35(41-23-17-11-5)29(39-21-15-9-3)25-33(43-31)45-34-26-30(40-22-16-10-4)36(42-24-18-12-6)32(44-34)28-38-20-14-8-2/h29-36H,7-28H2,1-6H3/t29?,30?,31?,32?,33-,34-,35+,36+/m1/s1. The highest BCUT2D eigenvalue weighted by Crippen LogP contribution is 2.32. The quantitative estimate of drug-likeness (QED) is 0.0798. The van der Waals surface area contributed by atoms with Crippen molar-refractivity contribution in [3.05, 3.63) is 0 Å². The fourth-order valence-corrected chi connectivity index (χ4v) is 5.53. The molecule has 2 fully saturated rings. The third kappa shape index (κ3) is 16.5. The predicted molar refractivity (Wildman–Crippen MR) is 178 cm³/mol. The summed E-state index contributed by atoms with van der Waals surface area (Å²) in [6.07, 6.45) is 11.4. The molecule has 2 aliphatic rings. The first-order valence-corrected chi connectivity index (χ1v) is 18.7. The summed E-state index contributed by atoms with van der Waals surface area (Å²) in [6, 6.07) is 0. The molecule has 268 valence electrons. The molecule has 45 heavy (non-hydrogen) atoms. The van der Waals surface area contributed by atoms with Gasteiger partial charge in [0, 0.05) is 52.5 Å². The Hall–Kier alpha value is -0.360. The molecule has 0 N–H and O–H groups in total. The van der Waals surface area contributed by atoms with Crippen LogP contribution >= 0.6 is 0 Å². The molecule has 9 nitrogen and oxygen atoms in total. The van der Waals surface area contributed by atoms with E-state index in [-0.39, 0.29) is 36.6 Å². The van der Waals surface area contributed by atoms with Crippen LogP contribution in [0.5, 0.6) is 0 Å². The predicted octanol–water partition coefficient (Wildman–Crippen LogP) is 7.61. The van der Waals surface area contributed by atoms with Gasteiger partial charge in [0.2, 0.25) is 0 Å². The molecule has 0 aromatic rings. The molecule has 2 rings (SSSR count). The van der Waals surface area contributed by atoms with Crippen LogP contribution in [0.1, 0.15) is 131 Å². The van der Waals surface area contributed by atoms with Crippen molar-refractivity contribution >= 4 is 0 Å². The van der Waals surface area contributed by atoms with Crippen molar-refractivity contribution in [1.82, 2.24) is 0 Å². The van der Waals surface area contributed by atoms with E-state index in [2.05, 4.69) is 41.5 Å². The molecule has 8 atom stereocenters. The third-order valence-electron chi connectivity index (χ3n) is 8.40. The van der Waals surface area contributed by atoms with Gasteiger partial charge in [-0.2, -0.15) is 0 Å². The molecule has 0 aromatic carbocycles. The summed E-state index contributed by atoms with van der Waals surface area (Å²) in [5.41, 5.74) is 0. The molecule has 2 saturated heterocycles. The minimum Gasteiger partial charge on any atom is -0.379 e. The van der Waals surface area contributed by atoms with Crippen molar-refractivity contribution in [2.45, 2.75) is 181 Å². The monoisotopic (exact) mass is 647 g/mol. The van der Waals surface area contributed by atoms with E-state index in [1.165, 1.54) is 0 Å². The topological polar surface area (TPSA) is 83.1 Å². The lowest BCUT2D eigenvalue weighted by Crippen LogP contribution is -2.56. The molecule has 0 aromatic heterocycles. The Morgan fingerprint density at radius 3 is 1.13 bits per heavy atom. The summed E-state index contributed by atoms with van der Waals surface area (Å²) in [7, 11) is 0. The second-order valence-corrected chi connectivity index (χ2v) is 12.6. The molecule has 0 amide bonds. The molecule has 2 heterocycles. The zero-order valence-corrected chi connectivity index (χ0v) is 29.8. The fourth-order valence-electron chi connectivity index (χ4n) is 5.53. The number of rotatable bonds is 28. The maximum absolute atomic E-state index is 6.64. The van der Waals surface area contributed by atoms with E-state index in [0.29, 0.717) is 65.7 Å². The highest BCUT2D eigenvalue weighted by Gasteiger charge is 2.45. The second kappa shape index (κ2) is 26.6. The van der Waals surface area contributed by atoms with Crippen LogP contribution in [0.3, 0.4) is 0 Å². The summed E-state index contributed by atoms with van der Waals surface area (Å²) in [5.74, 6) is 0. The molecular weight excluding hydrogens is 576 g/mol. The van der Waals surface area contributed by atoms with E-state index >= 15 is 0 Å². The molecule has 0 aliphatic carbocycles. The Morgan fingerprint density at radius 2 is 0.778 bits per heavy atom. The SMILES string of the molecule is CCCCOCC1O[C@H](O[C@@H]2CC(OCCCC)[C@H](OCCCC)C(COCCCC)O2)CC(OCCCC)[C@@H]1OCCCC. The average molecular weight is 647 g/mol. The van der Waals surface area contributed by atoms with Crippen LogP contribution in [0.15, 0.2) is 0 Å². The molecule has 4 unspecified atom stereocenters. The van der Waals surface area contributed by atoms with Gasteiger partial charge in [-0.15, -0.1) is 0 Å².